The number of hydrogen-bond donors (Lipinski definition) is 2. The maximum atomic E-state index is 9.80. The van der Waals surface area contributed by atoms with Gasteiger partial charge in [-0.2, -0.15) is 0 Å². The largest absolute Gasteiger partial charge is 0.507 e. The molecule has 0 unspecified atom stereocenters. The molecule has 2 heteroatoms. The smallest absolute Gasteiger partial charge is 0.129 e. The summed E-state index contributed by atoms with van der Waals surface area (Å²) < 4.78 is 0. The van der Waals surface area contributed by atoms with E-state index in [1.807, 2.05) is 6.07 Å². The van der Waals surface area contributed by atoms with Crippen LogP contribution in [0.4, 0.5) is 0 Å². The molecule has 0 spiro atoms. The highest BCUT2D eigenvalue weighted by molar-refractivity contribution is 7.80. The summed E-state index contributed by atoms with van der Waals surface area (Å²) in [5.41, 5.74) is 5.70. The van der Waals surface area contributed by atoms with E-state index in [-0.39, 0.29) is 5.75 Å². The van der Waals surface area contributed by atoms with Gasteiger partial charge in [0.1, 0.15) is 5.75 Å². The second-order valence-corrected chi connectivity index (χ2v) is 7.75. The summed E-state index contributed by atoms with van der Waals surface area (Å²) in [7, 11) is 0. The van der Waals surface area contributed by atoms with E-state index in [0.29, 0.717) is 4.90 Å². The molecule has 0 atom stereocenters. The van der Waals surface area contributed by atoms with Crippen LogP contribution in [-0.4, -0.2) is 5.11 Å². The molecule has 1 N–H and O–H groups in total. The fourth-order valence-corrected chi connectivity index (χ4v) is 3.31. The molecule has 0 aliphatic rings. The molecule has 27 heavy (non-hydrogen) atoms. The minimum absolute atomic E-state index is 0.195. The molecule has 2 rings (SSSR count). The Kier molecular flexibility index (Phi) is 8.74. The van der Waals surface area contributed by atoms with Gasteiger partial charge in [0.15, 0.2) is 0 Å². The standard InChI is InChI=1S/C25H32OS/c1-4-5-6-7-8-9-21-12-14-22(15-13-21)19(2)10-11-20(3)23-16-17-25(27)24(26)18-23/h12-18,26-27H,2-11H2,1H3. The first-order valence-electron chi connectivity index (χ1n) is 9.98. The van der Waals surface area contributed by atoms with E-state index < -0.39 is 0 Å². The van der Waals surface area contributed by atoms with Crippen molar-refractivity contribution in [1.29, 1.82) is 0 Å². The number of aryl methyl sites for hydroxylation is 1. The molecule has 0 amide bonds. The first kappa shape index (κ1) is 21.4. The summed E-state index contributed by atoms with van der Waals surface area (Å²) in [5.74, 6) is 0.195. The Labute approximate surface area is 170 Å². The summed E-state index contributed by atoms with van der Waals surface area (Å²) in [6.45, 7) is 10.7. The second-order valence-electron chi connectivity index (χ2n) is 7.27. The molecule has 0 fully saturated rings. The van der Waals surface area contributed by atoms with Crippen LogP contribution in [0.5, 0.6) is 5.75 Å². The number of hydrogen-bond acceptors (Lipinski definition) is 2. The summed E-state index contributed by atoms with van der Waals surface area (Å²) in [5, 5.41) is 9.80. The van der Waals surface area contributed by atoms with E-state index in [1.165, 1.54) is 43.2 Å². The zero-order chi connectivity index (χ0) is 19.6. The number of phenolic OH excluding ortho intramolecular Hbond substituents is 1. The van der Waals surface area contributed by atoms with Crippen LogP contribution in [0.2, 0.25) is 0 Å². The Morgan fingerprint density at radius 2 is 1.44 bits per heavy atom. The van der Waals surface area contributed by atoms with Gasteiger partial charge >= 0.3 is 0 Å². The number of allylic oxidation sites excluding steroid dienone is 2. The van der Waals surface area contributed by atoms with Gasteiger partial charge in [0.05, 0.1) is 0 Å². The lowest BCUT2D eigenvalue weighted by molar-refractivity contribution is 0.462. The molecule has 0 saturated heterocycles. The van der Waals surface area contributed by atoms with Crippen LogP contribution in [0.25, 0.3) is 11.1 Å². The fourth-order valence-electron chi connectivity index (χ4n) is 3.17. The first-order valence-corrected chi connectivity index (χ1v) is 10.4. The number of rotatable bonds is 11. The molecule has 2 aromatic rings. The number of phenols is 1. The van der Waals surface area contributed by atoms with Crippen LogP contribution >= 0.6 is 12.6 Å². The van der Waals surface area contributed by atoms with Crippen LogP contribution in [0.3, 0.4) is 0 Å². The Morgan fingerprint density at radius 3 is 2.07 bits per heavy atom. The molecule has 0 radical (unpaired) electrons. The van der Waals surface area contributed by atoms with Crippen molar-refractivity contribution in [3.05, 3.63) is 72.3 Å². The van der Waals surface area contributed by atoms with Crippen molar-refractivity contribution in [3.63, 3.8) is 0 Å². The monoisotopic (exact) mass is 380 g/mol. The zero-order valence-corrected chi connectivity index (χ0v) is 17.4. The molecule has 0 saturated carbocycles. The summed E-state index contributed by atoms with van der Waals surface area (Å²) >= 11 is 4.20. The normalized spacial score (nSPS) is 10.7. The summed E-state index contributed by atoms with van der Waals surface area (Å²) in [6, 6.07) is 14.3. The van der Waals surface area contributed by atoms with Gasteiger partial charge < -0.3 is 5.11 Å². The molecular formula is C25H32OS. The van der Waals surface area contributed by atoms with Gasteiger partial charge in [0.2, 0.25) is 0 Å². The van der Waals surface area contributed by atoms with Gasteiger partial charge in [-0.1, -0.05) is 76.1 Å². The van der Waals surface area contributed by atoms with Gasteiger partial charge in [-0.25, -0.2) is 0 Å². The summed E-state index contributed by atoms with van der Waals surface area (Å²) in [6.07, 6.45) is 9.45. The highest BCUT2D eigenvalue weighted by Crippen LogP contribution is 2.29. The van der Waals surface area contributed by atoms with Crippen molar-refractivity contribution < 1.29 is 5.11 Å². The van der Waals surface area contributed by atoms with Crippen molar-refractivity contribution in [3.8, 4) is 5.75 Å². The zero-order valence-electron chi connectivity index (χ0n) is 16.5. The van der Waals surface area contributed by atoms with Crippen LogP contribution in [0, 0.1) is 0 Å². The molecule has 0 aromatic heterocycles. The van der Waals surface area contributed by atoms with E-state index in [9.17, 15) is 5.11 Å². The number of benzene rings is 2. The molecule has 0 heterocycles. The average molecular weight is 381 g/mol. The van der Waals surface area contributed by atoms with Crippen molar-refractivity contribution in [2.45, 2.75) is 63.2 Å². The SMILES string of the molecule is C=C(CCC(=C)c1ccc(S)c(O)c1)c1ccc(CCCCCCC)cc1. The Balaban J connectivity index is 1.81. The Hall–Kier alpha value is -1.93. The molecule has 1 nitrogen and oxygen atoms in total. The van der Waals surface area contributed by atoms with Gasteiger partial charge in [0.25, 0.3) is 0 Å². The predicted molar refractivity (Wildman–Crippen MR) is 122 cm³/mol. The van der Waals surface area contributed by atoms with Crippen LogP contribution < -0.4 is 0 Å². The molecule has 0 aliphatic heterocycles. The molecule has 0 bridgehead atoms. The number of unbranched alkanes of at least 4 members (excludes halogenated alkanes) is 4. The lowest BCUT2D eigenvalue weighted by Crippen LogP contribution is -1.90. The van der Waals surface area contributed by atoms with Crippen molar-refractivity contribution in [2.24, 2.45) is 0 Å². The average Bonchev–Trinajstić information content (AvgIpc) is 2.68. The number of thiol groups is 1. The van der Waals surface area contributed by atoms with Gasteiger partial charge in [-0.05, 0) is 65.7 Å². The van der Waals surface area contributed by atoms with Crippen LogP contribution in [-0.2, 0) is 6.42 Å². The predicted octanol–water partition coefficient (Wildman–Crippen LogP) is 7.70. The van der Waals surface area contributed by atoms with E-state index in [2.05, 4.69) is 57.0 Å². The lowest BCUT2D eigenvalue weighted by atomic mass is 9.95. The second kappa shape index (κ2) is 11.0. The molecule has 144 valence electrons. The van der Waals surface area contributed by atoms with E-state index in [0.717, 1.165) is 36.0 Å². The van der Waals surface area contributed by atoms with E-state index in [1.54, 1.807) is 12.1 Å². The van der Waals surface area contributed by atoms with Crippen LogP contribution in [0.15, 0.2) is 60.5 Å². The van der Waals surface area contributed by atoms with E-state index >= 15 is 0 Å². The summed E-state index contributed by atoms with van der Waals surface area (Å²) in [4.78, 5) is 0.585. The van der Waals surface area contributed by atoms with Gasteiger partial charge in [-0.3, -0.25) is 0 Å². The van der Waals surface area contributed by atoms with Crippen LogP contribution in [0.1, 0.15) is 68.6 Å². The lowest BCUT2D eigenvalue weighted by Gasteiger charge is -2.10. The van der Waals surface area contributed by atoms with Crippen molar-refractivity contribution >= 4 is 23.8 Å². The Bertz CT molecular complexity index is 758. The molecule has 0 aliphatic carbocycles. The van der Waals surface area contributed by atoms with E-state index in [4.69, 9.17) is 0 Å². The number of aromatic hydroxyl groups is 1. The maximum absolute atomic E-state index is 9.80. The minimum atomic E-state index is 0.195. The van der Waals surface area contributed by atoms with Gasteiger partial charge in [0, 0.05) is 4.90 Å². The molecular weight excluding hydrogens is 348 g/mol. The third kappa shape index (κ3) is 6.95. The topological polar surface area (TPSA) is 20.2 Å². The van der Waals surface area contributed by atoms with Gasteiger partial charge in [-0.15, -0.1) is 12.6 Å². The minimum Gasteiger partial charge on any atom is -0.507 e. The fraction of sp³-hybridized carbons (Fsp3) is 0.360. The van der Waals surface area contributed by atoms with Crippen molar-refractivity contribution in [2.75, 3.05) is 0 Å². The Morgan fingerprint density at radius 1 is 0.852 bits per heavy atom. The molecule has 2 aromatic carbocycles. The quantitative estimate of drug-likeness (QED) is 0.302. The highest BCUT2D eigenvalue weighted by Gasteiger charge is 2.06. The third-order valence-corrected chi connectivity index (χ3v) is 5.42. The highest BCUT2D eigenvalue weighted by atomic mass is 32.1. The third-order valence-electron chi connectivity index (χ3n) is 5.04. The maximum Gasteiger partial charge on any atom is 0.129 e. The van der Waals surface area contributed by atoms with Crippen molar-refractivity contribution in [1.82, 2.24) is 0 Å². The first-order chi connectivity index (χ1) is 13.0.